The molecule has 2 N–H and O–H groups in total. The molecule has 5 heteroatoms. The molecule has 114 valence electrons. The van der Waals surface area contributed by atoms with Crippen molar-refractivity contribution >= 4 is 11.8 Å². The van der Waals surface area contributed by atoms with Crippen molar-refractivity contribution in [2.45, 2.75) is 65.1 Å². The van der Waals surface area contributed by atoms with Gasteiger partial charge in [0.2, 0.25) is 11.8 Å². The summed E-state index contributed by atoms with van der Waals surface area (Å²) in [5.41, 5.74) is -0.464. The van der Waals surface area contributed by atoms with E-state index in [1.807, 2.05) is 25.7 Å². The molecule has 2 aliphatic heterocycles. The SMILES string of the molecule is CC(NC(=O)C(C)(C)C)C(=O)N1C2CCNCC1CC2. The van der Waals surface area contributed by atoms with Gasteiger partial charge in [-0.15, -0.1) is 0 Å². The molecular weight excluding hydrogens is 254 g/mol. The summed E-state index contributed by atoms with van der Waals surface area (Å²) >= 11 is 0. The van der Waals surface area contributed by atoms with Crippen molar-refractivity contribution < 1.29 is 9.59 Å². The predicted octanol–water partition coefficient (Wildman–Crippen LogP) is 0.890. The number of fused-ring (bicyclic) bond motifs is 2. The van der Waals surface area contributed by atoms with Crippen molar-refractivity contribution in [3.63, 3.8) is 0 Å². The number of hydrogen-bond donors (Lipinski definition) is 2. The third kappa shape index (κ3) is 3.14. The summed E-state index contributed by atoms with van der Waals surface area (Å²) in [6.45, 7) is 9.23. The Bertz CT molecular complexity index is 375. The fourth-order valence-corrected chi connectivity index (χ4v) is 3.04. The fraction of sp³-hybridized carbons (Fsp3) is 0.867. The first-order chi connectivity index (χ1) is 9.30. The first kappa shape index (κ1) is 15.3. The van der Waals surface area contributed by atoms with E-state index in [9.17, 15) is 9.59 Å². The highest BCUT2D eigenvalue weighted by molar-refractivity contribution is 5.89. The normalized spacial score (nSPS) is 27.9. The fourth-order valence-electron chi connectivity index (χ4n) is 3.04. The second-order valence-electron chi connectivity index (χ2n) is 7.07. The van der Waals surface area contributed by atoms with Crippen molar-refractivity contribution in [2.24, 2.45) is 5.41 Å². The molecule has 0 saturated carbocycles. The van der Waals surface area contributed by atoms with E-state index >= 15 is 0 Å². The molecule has 2 amide bonds. The summed E-state index contributed by atoms with van der Waals surface area (Å²) < 4.78 is 0. The average Bonchev–Trinajstić information content (AvgIpc) is 2.60. The van der Waals surface area contributed by atoms with Gasteiger partial charge in [0.05, 0.1) is 0 Å². The summed E-state index contributed by atoms with van der Waals surface area (Å²) in [6, 6.07) is 0.198. The van der Waals surface area contributed by atoms with Gasteiger partial charge in [-0.1, -0.05) is 20.8 Å². The molecule has 2 fully saturated rings. The predicted molar refractivity (Wildman–Crippen MR) is 78.2 cm³/mol. The van der Waals surface area contributed by atoms with Crippen LogP contribution in [0.3, 0.4) is 0 Å². The minimum absolute atomic E-state index is 0.0683. The molecule has 0 aliphatic carbocycles. The second-order valence-corrected chi connectivity index (χ2v) is 7.07. The number of nitrogens with zero attached hydrogens (tertiary/aromatic N) is 1. The Kier molecular flexibility index (Phi) is 4.37. The van der Waals surface area contributed by atoms with Crippen LogP contribution in [-0.4, -0.2) is 47.9 Å². The maximum Gasteiger partial charge on any atom is 0.245 e. The van der Waals surface area contributed by atoms with Crippen LogP contribution in [0.2, 0.25) is 0 Å². The third-order valence-electron chi connectivity index (χ3n) is 4.31. The van der Waals surface area contributed by atoms with Crippen LogP contribution < -0.4 is 10.6 Å². The van der Waals surface area contributed by atoms with Gasteiger partial charge >= 0.3 is 0 Å². The van der Waals surface area contributed by atoms with Crippen molar-refractivity contribution in [1.82, 2.24) is 15.5 Å². The molecule has 0 spiro atoms. The lowest BCUT2D eigenvalue weighted by Crippen LogP contribution is -2.53. The van der Waals surface area contributed by atoms with Crippen LogP contribution in [0.15, 0.2) is 0 Å². The Hall–Kier alpha value is -1.10. The summed E-state index contributed by atoms with van der Waals surface area (Å²) in [6.07, 6.45) is 3.18. The van der Waals surface area contributed by atoms with Crippen molar-refractivity contribution in [3.05, 3.63) is 0 Å². The number of nitrogens with one attached hydrogen (secondary N) is 2. The third-order valence-corrected chi connectivity index (χ3v) is 4.31. The standard InChI is InChI=1S/C15H27N3O2/c1-10(17-14(20)15(2,3)4)13(19)18-11-5-6-12(18)9-16-8-7-11/h10-12,16H,5-9H2,1-4H3,(H,17,20). The monoisotopic (exact) mass is 281 g/mol. The summed E-state index contributed by atoms with van der Waals surface area (Å²) in [5.74, 6) is -0.00237. The molecule has 3 atom stereocenters. The minimum Gasteiger partial charge on any atom is -0.344 e. The van der Waals surface area contributed by atoms with E-state index in [4.69, 9.17) is 0 Å². The second kappa shape index (κ2) is 5.72. The van der Waals surface area contributed by atoms with E-state index in [0.717, 1.165) is 32.4 Å². The molecule has 0 radical (unpaired) electrons. The molecule has 0 aromatic heterocycles. The molecule has 2 rings (SSSR count). The molecule has 2 aliphatic rings. The average molecular weight is 281 g/mol. The van der Waals surface area contributed by atoms with E-state index in [1.165, 1.54) is 0 Å². The Morgan fingerprint density at radius 3 is 2.50 bits per heavy atom. The first-order valence-corrected chi connectivity index (χ1v) is 7.64. The molecule has 3 unspecified atom stereocenters. The van der Waals surface area contributed by atoms with Crippen LogP contribution in [-0.2, 0) is 9.59 Å². The Morgan fingerprint density at radius 1 is 1.20 bits per heavy atom. The van der Waals surface area contributed by atoms with Gasteiger partial charge < -0.3 is 15.5 Å². The Morgan fingerprint density at radius 2 is 1.85 bits per heavy atom. The zero-order valence-corrected chi connectivity index (χ0v) is 13.0. The zero-order chi connectivity index (χ0) is 14.9. The first-order valence-electron chi connectivity index (χ1n) is 7.64. The van der Waals surface area contributed by atoms with Gasteiger partial charge in [-0.25, -0.2) is 0 Å². The van der Waals surface area contributed by atoms with E-state index in [2.05, 4.69) is 10.6 Å². The Labute approximate surface area is 121 Å². The van der Waals surface area contributed by atoms with Gasteiger partial charge in [0.15, 0.2) is 0 Å². The highest BCUT2D eigenvalue weighted by Crippen LogP contribution is 2.28. The lowest BCUT2D eigenvalue weighted by Gasteiger charge is -2.31. The van der Waals surface area contributed by atoms with Crippen molar-refractivity contribution in [2.75, 3.05) is 13.1 Å². The maximum atomic E-state index is 12.7. The van der Waals surface area contributed by atoms with Crippen LogP contribution in [0.1, 0.15) is 47.0 Å². The lowest BCUT2D eigenvalue weighted by molar-refractivity contribution is -0.140. The lowest BCUT2D eigenvalue weighted by atomic mass is 9.95. The zero-order valence-electron chi connectivity index (χ0n) is 13.0. The minimum atomic E-state index is -0.464. The smallest absolute Gasteiger partial charge is 0.245 e. The Balaban J connectivity index is 2.01. The molecule has 0 aromatic carbocycles. The highest BCUT2D eigenvalue weighted by Gasteiger charge is 2.40. The van der Waals surface area contributed by atoms with E-state index in [1.54, 1.807) is 6.92 Å². The van der Waals surface area contributed by atoms with Gasteiger partial charge in [-0.2, -0.15) is 0 Å². The van der Waals surface area contributed by atoms with Crippen LogP contribution in [0, 0.1) is 5.41 Å². The summed E-state index contributed by atoms with van der Waals surface area (Å²) in [4.78, 5) is 26.7. The van der Waals surface area contributed by atoms with Crippen molar-refractivity contribution in [1.29, 1.82) is 0 Å². The highest BCUT2D eigenvalue weighted by atomic mass is 16.2. The number of carbonyl (C=O) groups excluding carboxylic acids is 2. The van der Waals surface area contributed by atoms with Gasteiger partial charge in [-0.05, 0) is 32.7 Å². The topological polar surface area (TPSA) is 61.4 Å². The number of hydrogen-bond acceptors (Lipinski definition) is 3. The molecule has 0 aromatic rings. The molecular formula is C15H27N3O2. The summed E-state index contributed by atoms with van der Waals surface area (Å²) in [7, 11) is 0. The summed E-state index contributed by atoms with van der Waals surface area (Å²) in [5, 5.41) is 6.24. The maximum absolute atomic E-state index is 12.7. The van der Waals surface area contributed by atoms with E-state index in [0.29, 0.717) is 12.1 Å². The van der Waals surface area contributed by atoms with Crippen LogP contribution >= 0.6 is 0 Å². The van der Waals surface area contributed by atoms with Gasteiger partial charge in [0.1, 0.15) is 6.04 Å². The molecule has 20 heavy (non-hydrogen) atoms. The molecule has 2 bridgehead atoms. The van der Waals surface area contributed by atoms with Gasteiger partial charge in [-0.3, -0.25) is 9.59 Å². The quantitative estimate of drug-likeness (QED) is 0.790. The van der Waals surface area contributed by atoms with Crippen LogP contribution in [0.25, 0.3) is 0 Å². The van der Waals surface area contributed by atoms with Crippen molar-refractivity contribution in [3.8, 4) is 0 Å². The molecule has 2 heterocycles. The van der Waals surface area contributed by atoms with Gasteiger partial charge in [0.25, 0.3) is 0 Å². The van der Waals surface area contributed by atoms with Gasteiger partial charge in [0, 0.05) is 24.0 Å². The number of carbonyl (C=O) groups is 2. The molecule has 2 saturated heterocycles. The van der Waals surface area contributed by atoms with Crippen LogP contribution in [0.4, 0.5) is 0 Å². The largest absolute Gasteiger partial charge is 0.344 e. The number of amides is 2. The molecule has 5 nitrogen and oxygen atoms in total. The van der Waals surface area contributed by atoms with Crippen LogP contribution in [0.5, 0.6) is 0 Å². The van der Waals surface area contributed by atoms with E-state index < -0.39 is 11.5 Å². The van der Waals surface area contributed by atoms with E-state index in [-0.39, 0.29) is 11.8 Å². The number of rotatable bonds is 2.